The number of hydrogen-bond donors (Lipinski definition) is 1. The highest BCUT2D eigenvalue weighted by molar-refractivity contribution is 7.99. The van der Waals surface area contributed by atoms with Gasteiger partial charge in [0.05, 0.1) is 11.8 Å². The van der Waals surface area contributed by atoms with Crippen LogP contribution in [0.3, 0.4) is 0 Å². The van der Waals surface area contributed by atoms with E-state index in [2.05, 4.69) is 15.5 Å². The number of aryl methyl sites for hydroxylation is 1. The molecule has 5 nitrogen and oxygen atoms in total. The largest absolute Gasteiger partial charge is 0.349 e. The van der Waals surface area contributed by atoms with Gasteiger partial charge in [0.2, 0.25) is 5.91 Å². The third-order valence-electron chi connectivity index (χ3n) is 3.11. The van der Waals surface area contributed by atoms with Crippen molar-refractivity contribution in [2.45, 2.75) is 25.0 Å². The van der Waals surface area contributed by atoms with Crippen LogP contribution in [0.5, 0.6) is 0 Å². The van der Waals surface area contributed by atoms with Gasteiger partial charge >= 0.3 is 0 Å². The standard InChI is InChI=1S/C14H17ClN4OS/c1-9(11-5-4-6-12(15)7-11)16-13(20)8-21-14-18-17-10(2)19(14)3/h4-7,9H,8H2,1-3H3,(H,16,20). The molecule has 0 aliphatic rings. The maximum absolute atomic E-state index is 12.0. The summed E-state index contributed by atoms with van der Waals surface area (Å²) in [4.78, 5) is 12.0. The second kappa shape index (κ2) is 6.95. The lowest BCUT2D eigenvalue weighted by atomic mass is 10.1. The number of aromatic nitrogens is 3. The molecular formula is C14H17ClN4OS. The van der Waals surface area contributed by atoms with Crippen molar-refractivity contribution in [3.8, 4) is 0 Å². The molecule has 0 aliphatic carbocycles. The second-order valence-corrected chi connectivity index (χ2v) is 6.10. The number of rotatable bonds is 5. The minimum absolute atomic E-state index is 0.0480. The second-order valence-electron chi connectivity index (χ2n) is 4.72. The van der Waals surface area contributed by atoms with Crippen LogP contribution in [0.25, 0.3) is 0 Å². The SMILES string of the molecule is Cc1nnc(SCC(=O)NC(C)c2cccc(Cl)c2)n1C. The predicted molar refractivity (Wildman–Crippen MR) is 84.5 cm³/mol. The smallest absolute Gasteiger partial charge is 0.230 e. The number of hydrogen-bond acceptors (Lipinski definition) is 4. The zero-order chi connectivity index (χ0) is 15.4. The van der Waals surface area contributed by atoms with Crippen LogP contribution in [0, 0.1) is 6.92 Å². The van der Waals surface area contributed by atoms with Crippen LogP contribution in [0.15, 0.2) is 29.4 Å². The Bertz CT molecular complexity index is 644. The highest BCUT2D eigenvalue weighted by Crippen LogP contribution is 2.18. The number of carbonyl (C=O) groups excluding carboxylic acids is 1. The normalized spacial score (nSPS) is 12.2. The van der Waals surface area contributed by atoms with Crippen LogP contribution in [-0.4, -0.2) is 26.4 Å². The van der Waals surface area contributed by atoms with Gasteiger partial charge in [-0.25, -0.2) is 0 Å². The molecule has 0 saturated heterocycles. The monoisotopic (exact) mass is 324 g/mol. The van der Waals surface area contributed by atoms with Crippen LogP contribution in [-0.2, 0) is 11.8 Å². The summed E-state index contributed by atoms with van der Waals surface area (Å²) in [5, 5.41) is 12.3. The molecule has 1 aromatic carbocycles. The Labute approximate surface area is 133 Å². The van der Waals surface area contributed by atoms with E-state index >= 15 is 0 Å². The fourth-order valence-electron chi connectivity index (χ4n) is 1.79. The molecule has 0 fully saturated rings. The van der Waals surface area contributed by atoms with E-state index in [-0.39, 0.29) is 11.9 Å². The van der Waals surface area contributed by atoms with Gasteiger partial charge in [-0.05, 0) is 31.5 Å². The lowest BCUT2D eigenvalue weighted by Gasteiger charge is -2.14. The summed E-state index contributed by atoms with van der Waals surface area (Å²) in [6.07, 6.45) is 0. The molecule has 2 aromatic rings. The summed E-state index contributed by atoms with van der Waals surface area (Å²) in [5.74, 6) is 1.08. The minimum Gasteiger partial charge on any atom is -0.349 e. The van der Waals surface area contributed by atoms with E-state index in [9.17, 15) is 4.79 Å². The molecule has 112 valence electrons. The minimum atomic E-state index is -0.0852. The van der Waals surface area contributed by atoms with E-state index in [4.69, 9.17) is 11.6 Å². The number of benzene rings is 1. The van der Waals surface area contributed by atoms with Crippen LogP contribution >= 0.6 is 23.4 Å². The molecule has 1 heterocycles. The third kappa shape index (κ3) is 4.22. The topological polar surface area (TPSA) is 59.8 Å². The fraction of sp³-hybridized carbons (Fsp3) is 0.357. The Balaban J connectivity index is 1.88. The van der Waals surface area contributed by atoms with Crippen LogP contribution in [0.1, 0.15) is 24.4 Å². The highest BCUT2D eigenvalue weighted by Gasteiger charge is 2.12. The van der Waals surface area contributed by atoms with Gasteiger partial charge in [-0.2, -0.15) is 0 Å². The summed E-state index contributed by atoms with van der Waals surface area (Å²) >= 11 is 7.32. The molecule has 0 bridgehead atoms. The van der Waals surface area contributed by atoms with E-state index in [0.717, 1.165) is 16.5 Å². The van der Waals surface area contributed by atoms with Crippen LogP contribution < -0.4 is 5.32 Å². The molecule has 0 aliphatic heterocycles. The summed E-state index contributed by atoms with van der Waals surface area (Å²) in [6, 6.07) is 7.39. The zero-order valence-corrected chi connectivity index (χ0v) is 13.7. The molecular weight excluding hydrogens is 308 g/mol. The van der Waals surface area contributed by atoms with Crippen molar-refractivity contribution in [1.29, 1.82) is 0 Å². The van der Waals surface area contributed by atoms with Crippen molar-refractivity contribution in [3.63, 3.8) is 0 Å². The lowest BCUT2D eigenvalue weighted by Crippen LogP contribution is -2.28. The molecule has 1 aromatic heterocycles. The van der Waals surface area contributed by atoms with Crippen molar-refractivity contribution >= 4 is 29.3 Å². The van der Waals surface area contributed by atoms with Gasteiger partial charge in [-0.15, -0.1) is 10.2 Å². The maximum atomic E-state index is 12.0. The Morgan fingerprint density at radius 2 is 2.24 bits per heavy atom. The molecule has 1 unspecified atom stereocenters. The molecule has 21 heavy (non-hydrogen) atoms. The Kier molecular flexibility index (Phi) is 5.25. The number of nitrogens with one attached hydrogen (secondary N) is 1. The van der Waals surface area contributed by atoms with Gasteiger partial charge in [0.25, 0.3) is 0 Å². The van der Waals surface area contributed by atoms with Crippen molar-refractivity contribution in [3.05, 3.63) is 40.7 Å². The van der Waals surface area contributed by atoms with E-state index < -0.39 is 0 Å². The Morgan fingerprint density at radius 1 is 1.48 bits per heavy atom. The van der Waals surface area contributed by atoms with E-state index in [0.29, 0.717) is 10.8 Å². The average Bonchev–Trinajstić information content (AvgIpc) is 2.76. The molecule has 0 saturated carbocycles. The summed E-state index contributed by atoms with van der Waals surface area (Å²) in [7, 11) is 1.88. The van der Waals surface area contributed by atoms with Gasteiger partial charge in [0.15, 0.2) is 5.16 Å². The Morgan fingerprint density at radius 3 is 2.86 bits per heavy atom. The molecule has 7 heteroatoms. The van der Waals surface area contributed by atoms with E-state index in [1.165, 1.54) is 11.8 Å². The van der Waals surface area contributed by atoms with E-state index in [1.807, 2.05) is 49.7 Å². The fourth-order valence-corrected chi connectivity index (χ4v) is 2.75. The van der Waals surface area contributed by atoms with Crippen LogP contribution in [0.4, 0.5) is 0 Å². The van der Waals surface area contributed by atoms with Gasteiger partial charge in [-0.1, -0.05) is 35.5 Å². The summed E-state index contributed by atoms with van der Waals surface area (Å²) in [6.45, 7) is 3.80. The maximum Gasteiger partial charge on any atom is 0.230 e. The number of nitrogens with zero attached hydrogens (tertiary/aromatic N) is 3. The van der Waals surface area contributed by atoms with Crippen molar-refractivity contribution in [2.24, 2.45) is 7.05 Å². The van der Waals surface area contributed by atoms with Gasteiger partial charge in [0.1, 0.15) is 5.82 Å². The summed E-state index contributed by atoms with van der Waals surface area (Å²) in [5.41, 5.74) is 0.982. The zero-order valence-electron chi connectivity index (χ0n) is 12.1. The van der Waals surface area contributed by atoms with Crippen LogP contribution in [0.2, 0.25) is 5.02 Å². The highest BCUT2D eigenvalue weighted by atomic mass is 35.5. The van der Waals surface area contributed by atoms with Crippen molar-refractivity contribution in [2.75, 3.05) is 5.75 Å². The molecule has 1 atom stereocenters. The third-order valence-corrected chi connectivity index (χ3v) is 4.37. The first kappa shape index (κ1) is 15.9. The molecule has 2 rings (SSSR count). The number of amides is 1. The quantitative estimate of drug-likeness (QED) is 0.859. The van der Waals surface area contributed by atoms with Gasteiger partial charge in [0, 0.05) is 12.1 Å². The predicted octanol–water partition coefficient (Wildman–Crippen LogP) is 2.75. The molecule has 0 radical (unpaired) electrons. The van der Waals surface area contributed by atoms with Gasteiger partial charge in [-0.3, -0.25) is 4.79 Å². The molecule has 1 N–H and O–H groups in total. The van der Waals surface area contributed by atoms with Gasteiger partial charge < -0.3 is 9.88 Å². The number of thioether (sulfide) groups is 1. The lowest BCUT2D eigenvalue weighted by molar-refractivity contribution is -0.119. The first-order valence-electron chi connectivity index (χ1n) is 6.51. The van der Waals surface area contributed by atoms with Crippen molar-refractivity contribution in [1.82, 2.24) is 20.1 Å². The number of halogens is 1. The molecule has 0 spiro atoms. The average molecular weight is 325 g/mol. The summed E-state index contributed by atoms with van der Waals surface area (Å²) < 4.78 is 1.86. The van der Waals surface area contributed by atoms with E-state index in [1.54, 1.807) is 0 Å². The first-order chi connectivity index (χ1) is 9.97. The van der Waals surface area contributed by atoms with Crippen molar-refractivity contribution < 1.29 is 4.79 Å². The first-order valence-corrected chi connectivity index (χ1v) is 7.87. The Hall–Kier alpha value is -1.53. The molecule has 1 amide bonds. The number of carbonyl (C=O) groups is 1.